The number of carbonyl (C=O) groups is 2. The Hall–Kier alpha value is -3.23. The molecular formula is C24H24N2O5S. The molecule has 0 saturated carbocycles. The van der Waals surface area contributed by atoms with Crippen molar-refractivity contribution in [1.29, 1.82) is 0 Å². The van der Waals surface area contributed by atoms with Crippen LogP contribution < -0.4 is 5.32 Å². The number of esters is 1. The molecule has 166 valence electrons. The Balaban J connectivity index is 1.37. The molecule has 0 aliphatic carbocycles. The number of nitrogens with zero attached hydrogens (tertiary/aromatic N) is 1. The molecule has 4 rings (SSSR count). The lowest BCUT2D eigenvalue weighted by Gasteiger charge is -2.26. The number of sulfonamides is 1. The number of benzene rings is 3. The van der Waals surface area contributed by atoms with Crippen molar-refractivity contribution >= 4 is 38.4 Å². The lowest BCUT2D eigenvalue weighted by atomic mass is 10.1. The average Bonchev–Trinajstić information content (AvgIpc) is 2.83. The van der Waals surface area contributed by atoms with E-state index in [4.69, 9.17) is 4.74 Å². The normalized spacial score (nSPS) is 14.8. The molecular weight excluding hydrogens is 428 g/mol. The fourth-order valence-electron chi connectivity index (χ4n) is 3.72. The molecule has 1 aliphatic rings. The van der Waals surface area contributed by atoms with E-state index in [0.29, 0.717) is 24.3 Å². The monoisotopic (exact) mass is 452 g/mol. The van der Waals surface area contributed by atoms with Crippen molar-refractivity contribution in [2.75, 3.05) is 25.0 Å². The van der Waals surface area contributed by atoms with E-state index in [0.717, 1.165) is 30.0 Å². The van der Waals surface area contributed by atoms with E-state index in [-0.39, 0.29) is 4.90 Å². The molecule has 0 atom stereocenters. The maximum atomic E-state index is 12.8. The maximum Gasteiger partial charge on any atom is 0.338 e. The van der Waals surface area contributed by atoms with Gasteiger partial charge in [-0.25, -0.2) is 13.2 Å². The molecule has 8 heteroatoms. The van der Waals surface area contributed by atoms with E-state index < -0.39 is 28.5 Å². The molecule has 0 bridgehead atoms. The van der Waals surface area contributed by atoms with Gasteiger partial charge >= 0.3 is 5.97 Å². The van der Waals surface area contributed by atoms with Crippen LogP contribution in [0.1, 0.15) is 29.6 Å². The number of ether oxygens (including phenoxy) is 1. The van der Waals surface area contributed by atoms with Crippen LogP contribution in [0.5, 0.6) is 0 Å². The van der Waals surface area contributed by atoms with Gasteiger partial charge in [0.05, 0.1) is 10.5 Å². The van der Waals surface area contributed by atoms with Crippen molar-refractivity contribution in [2.45, 2.75) is 24.2 Å². The molecule has 1 amide bonds. The molecule has 0 radical (unpaired) electrons. The van der Waals surface area contributed by atoms with Crippen LogP contribution in [-0.2, 0) is 19.6 Å². The minimum atomic E-state index is -3.60. The zero-order valence-electron chi connectivity index (χ0n) is 17.5. The molecule has 1 heterocycles. The summed E-state index contributed by atoms with van der Waals surface area (Å²) in [6.07, 6.45) is 2.72. The molecule has 3 aromatic carbocycles. The topological polar surface area (TPSA) is 92.8 Å². The van der Waals surface area contributed by atoms with Crippen LogP contribution in [0.15, 0.2) is 71.6 Å². The van der Waals surface area contributed by atoms with Gasteiger partial charge in [-0.3, -0.25) is 4.79 Å². The highest BCUT2D eigenvalue weighted by atomic mass is 32.2. The van der Waals surface area contributed by atoms with Crippen LogP contribution in [0.4, 0.5) is 5.69 Å². The Bertz CT molecular complexity index is 1250. The standard InChI is InChI=1S/C24H24N2O5S/c27-23(17-31-24(28)20-12-11-18-7-2-3-8-19(18)15-20)25-21-9-6-10-22(16-21)32(29,30)26-13-4-1-5-14-26/h2-3,6-12,15-16H,1,4-5,13-14,17H2,(H,25,27). The Morgan fingerprint density at radius 1 is 0.875 bits per heavy atom. The van der Waals surface area contributed by atoms with E-state index in [1.807, 2.05) is 30.3 Å². The fourth-order valence-corrected chi connectivity index (χ4v) is 5.28. The predicted molar refractivity (Wildman–Crippen MR) is 122 cm³/mol. The number of rotatable bonds is 6. The second-order valence-corrected chi connectivity index (χ2v) is 9.62. The first kappa shape index (κ1) is 22.0. The summed E-state index contributed by atoms with van der Waals surface area (Å²) in [5, 5.41) is 4.50. The van der Waals surface area contributed by atoms with Crippen LogP contribution >= 0.6 is 0 Å². The van der Waals surface area contributed by atoms with Gasteiger partial charge in [0.15, 0.2) is 6.61 Å². The second kappa shape index (κ2) is 9.50. The van der Waals surface area contributed by atoms with E-state index in [9.17, 15) is 18.0 Å². The fraction of sp³-hybridized carbons (Fsp3) is 0.250. The summed E-state index contributed by atoms with van der Waals surface area (Å²) in [5.41, 5.74) is 0.681. The van der Waals surface area contributed by atoms with Gasteiger partial charge in [0.25, 0.3) is 5.91 Å². The van der Waals surface area contributed by atoms with Crippen molar-refractivity contribution < 1.29 is 22.7 Å². The molecule has 32 heavy (non-hydrogen) atoms. The summed E-state index contributed by atoms with van der Waals surface area (Å²) < 4.78 is 32.3. The summed E-state index contributed by atoms with van der Waals surface area (Å²) >= 11 is 0. The minimum Gasteiger partial charge on any atom is -0.452 e. The number of nitrogens with one attached hydrogen (secondary N) is 1. The third-order valence-corrected chi connectivity index (χ3v) is 7.28. The second-order valence-electron chi connectivity index (χ2n) is 7.68. The van der Waals surface area contributed by atoms with E-state index in [1.165, 1.54) is 16.4 Å². The summed E-state index contributed by atoms with van der Waals surface area (Å²) in [6.45, 7) is 0.530. The molecule has 7 nitrogen and oxygen atoms in total. The van der Waals surface area contributed by atoms with Crippen LogP contribution in [0.25, 0.3) is 10.8 Å². The number of fused-ring (bicyclic) bond motifs is 1. The Morgan fingerprint density at radius 2 is 1.62 bits per heavy atom. The van der Waals surface area contributed by atoms with Crippen LogP contribution in [0.2, 0.25) is 0 Å². The van der Waals surface area contributed by atoms with E-state index >= 15 is 0 Å². The molecule has 1 saturated heterocycles. The zero-order chi connectivity index (χ0) is 22.6. The molecule has 0 aromatic heterocycles. The van der Waals surface area contributed by atoms with E-state index in [2.05, 4.69) is 5.32 Å². The van der Waals surface area contributed by atoms with E-state index in [1.54, 1.807) is 24.3 Å². The number of piperidine rings is 1. The van der Waals surface area contributed by atoms with Crippen molar-refractivity contribution in [1.82, 2.24) is 4.31 Å². The molecule has 3 aromatic rings. The molecule has 0 spiro atoms. The van der Waals surface area contributed by atoms with Crippen LogP contribution in [-0.4, -0.2) is 44.3 Å². The number of amides is 1. The lowest BCUT2D eigenvalue weighted by molar-refractivity contribution is -0.119. The Morgan fingerprint density at radius 3 is 2.41 bits per heavy atom. The van der Waals surface area contributed by atoms with Gasteiger partial charge in [0.2, 0.25) is 10.0 Å². The number of carbonyl (C=O) groups excluding carboxylic acids is 2. The van der Waals surface area contributed by atoms with Gasteiger partial charge in [-0.1, -0.05) is 42.8 Å². The van der Waals surface area contributed by atoms with Gasteiger partial charge < -0.3 is 10.1 Å². The number of hydrogen-bond acceptors (Lipinski definition) is 5. The SMILES string of the molecule is O=C(COC(=O)c1ccc2ccccc2c1)Nc1cccc(S(=O)(=O)N2CCCCC2)c1. The van der Waals surface area contributed by atoms with Crippen molar-refractivity contribution in [3.63, 3.8) is 0 Å². The summed E-state index contributed by atoms with van der Waals surface area (Å²) in [4.78, 5) is 24.7. The Kier molecular flexibility index (Phi) is 6.53. The Labute approximate surface area is 187 Å². The number of anilines is 1. The zero-order valence-corrected chi connectivity index (χ0v) is 18.3. The van der Waals surface area contributed by atoms with Crippen molar-refractivity contribution in [3.8, 4) is 0 Å². The first-order valence-corrected chi connectivity index (χ1v) is 11.9. The van der Waals surface area contributed by atoms with Crippen molar-refractivity contribution in [2.24, 2.45) is 0 Å². The van der Waals surface area contributed by atoms with Gasteiger partial charge in [-0.2, -0.15) is 4.31 Å². The molecule has 0 unspecified atom stereocenters. The third kappa shape index (κ3) is 4.98. The summed E-state index contributed by atoms with van der Waals surface area (Å²) in [5.74, 6) is -1.15. The average molecular weight is 453 g/mol. The first-order chi connectivity index (χ1) is 15.4. The smallest absolute Gasteiger partial charge is 0.338 e. The molecule has 1 aliphatic heterocycles. The molecule has 1 N–H and O–H groups in total. The summed E-state index contributed by atoms with van der Waals surface area (Å²) in [6, 6.07) is 18.9. The quantitative estimate of drug-likeness (QED) is 0.574. The highest BCUT2D eigenvalue weighted by molar-refractivity contribution is 7.89. The maximum absolute atomic E-state index is 12.8. The molecule has 1 fully saturated rings. The highest BCUT2D eigenvalue weighted by Crippen LogP contribution is 2.23. The minimum absolute atomic E-state index is 0.130. The van der Waals surface area contributed by atoms with Crippen LogP contribution in [0, 0.1) is 0 Å². The largest absolute Gasteiger partial charge is 0.452 e. The predicted octanol–water partition coefficient (Wildman–Crippen LogP) is 3.81. The van der Waals surface area contributed by atoms with Gasteiger partial charge in [0, 0.05) is 18.8 Å². The van der Waals surface area contributed by atoms with Gasteiger partial charge in [-0.15, -0.1) is 0 Å². The lowest BCUT2D eigenvalue weighted by Crippen LogP contribution is -2.35. The van der Waals surface area contributed by atoms with Crippen molar-refractivity contribution in [3.05, 3.63) is 72.3 Å². The van der Waals surface area contributed by atoms with Gasteiger partial charge in [-0.05, 0) is 53.9 Å². The highest BCUT2D eigenvalue weighted by Gasteiger charge is 2.26. The van der Waals surface area contributed by atoms with Crippen LogP contribution in [0.3, 0.4) is 0 Å². The number of hydrogen-bond donors (Lipinski definition) is 1. The summed E-state index contributed by atoms with van der Waals surface area (Å²) in [7, 11) is -3.60. The first-order valence-electron chi connectivity index (χ1n) is 10.5. The van der Waals surface area contributed by atoms with Gasteiger partial charge in [0.1, 0.15) is 0 Å². The third-order valence-electron chi connectivity index (χ3n) is 5.39.